The zero-order valence-electron chi connectivity index (χ0n) is 60.9. The van der Waals surface area contributed by atoms with E-state index < -0.39 is 97.5 Å². The third kappa shape index (κ3) is 65.8. The molecule has 0 rings (SSSR count). The molecule has 0 aromatic carbocycles. The number of aliphatic hydroxyl groups is 1. The van der Waals surface area contributed by atoms with Crippen molar-refractivity contribution in [3.63, 3.8) is 0 Å². The Morgan fingerprint density at radius 2 is 0.516 bits per heavy atom. The minimum atomic E-state index is -4.96. The summed E-state index contributed by atoms with van der Waals surface area (Å²) in [6.07, 6.45) is 47.5. The molecule has 0 fully saturated rings. The Labute approximate surface area is 568 Å². The first kappa shape index (κ1) is 91.1. The monoisotopic (exact) mass is 1370 g/mol. The van der Waals surface area contributed by atoms with Crippen LogP contribution in [0.4, 0.5) is 0 Å². The molecule has 0 saturated carbocycles. The van der Waals surface area contributed by atoms with E-state index >= 15 is 0 Å². The van der Waals surface area contributed by atoms with E-state index in [1.165, 1.54) is 167 Å². The van der Waals surface area contributed by atoms with Crippen molar-refractivity contribution >= 4 is 39.5 Å². The number of phosphoric ester groups is 2. The van der Waals surface area contributed by atoms with Crippen LogP contribution in [0.25, 0.3) is 0 Å². The fraction of sp³-hybridized carbons (Fsp3) is 0.946. The molecule has 552 valence electrons. The van der Waals surface area contributed by atoms with E-state index in [-0.39, 0.29) is 25.7 Å². The molecular formula is C74H144O17P2. The predicted octanol–water partition coefficient (Wildman–Crippen LogP) is 21.3. The summed E-state index contributed by atoms with van der Waals surface area (Å²) < 4.78 is 68.3. The molecule has 93 heavy (non-hydrogen) atoms. The van der Waals surface area contributed by atoms with E-state index in [9.17, 15) is 43.2 Å². The second-order valence-electron chi connectivity index (χ2n) is 28.1. The van der Waals surface area contributed by atoms with Crippen LogP contribution >= 0.6 is 15.6 Å². The largest absolute Gasteiger partial charge is 0.472 e. The van der Waals surface area contributed by atoms with Crippen LogP contribution in [0, 0.1) is 23.7 Å². The highest BCUT2D eigenvalue weighted by molar-refractivity contribution is 7.47. The summed E-state index contributed by atoms with van der Waals surface area (Å²) in [7, 11) is -9.91. The van der Waals surface area contributed by atoms with Gasteiger partial charge in [0.2, 0.25) is 0 Å². The highest BCUT2D eigenvalue weighted by Gasteiger charge is 2.30. The number of hydrogen-bond donors (Lipinski definition) is 3. The molecule has 19 heteroatoms. The second kappa shape index (κ2) is 63.5. The van der Waals surface area contributed by atoms with Gasteiger partial charge >= 0.3 is 39.5 Å². The number of hydrogen-bond acceptors (Lipinski definition) is 15. The van der Waals surface area contributed by atoms with Crippen LogP contribution in [-0.2, 0) is 65.4 Å². The third-order valence-corrected chi connectivity index (χ3v) is 19.7. The molecule has 0 bridgehead atoms. The molecular weight excluding hydrogens is 1220 g/mol. The summed E-state index contributed by atoms with van der Waals surface area (Å²) in [5, 5.41) is 10.6. The van der Waals surface area contributed by atoms with Gasteiger partial charge in [0, 0.05) is 25.7 Å². The topological polar surface area (TPSA) is 237 Å². The van der Waals surface area contributed by atoms with Gasteiger partial charge in [-0.05, 0) is 49.4 Å². The van der Waals surface area contributed by atoms with E-state index in [1.807, 2.05) is 0 Å². The number of ether oxygens (including phenoxy) is 4. The highest BCUT2D eigenvalue weighted by atomic mass is 31.2. The number of aliphatic hydroxyl groups excluding tert-OH is 1. The Balaban J connectivity index is 5.15. The van der Waals surface area contributed by atoms with Crippen LogP contribution in [0.3, 0.4) is 0 Å². The molecule has 0 amide bonds. The number of unbranched alkanes of at least 4 members (excludes halogenated alkanes) is 35. The van der Waals surface area contributed by atoms with Gasteiger partial charge in [-0.3, -0.25) is 37.3 Å². The van der Waals surface area contributed by atoms with E-state index in [0.717, 1.165) is 114 Å². The number of carbonyl (C=O) groups is 4. The molecule has 17 nitrogen and oxygen atoms in total. The molecule has 0 heterocycles. The van der Waals surface area contributed by atoms with Crippen LogP contribution in [0.1, 0.15) is 370 Å². The van der Waals surface area contributed by atoms with Crippen molar-refractivity contribution < 1.29 is 80.2 Å². The average Bonchev–Trinajstić information content (AvgIpc) is 1.85. The van der Waals surface area contributed by atoms with Crippen molar-refractivity contribution in [2.75, 3.05) is 39.6 Å². The lowest BCUT2D eigenvalue weighted by molar-refractivity contribution is -0.161. The molecule has 0 aromatic heterocycles. The summed E-state index contributed by atoms with van der Waals surface area (Å²) in [5.41, 5.74) is 0. The van der Waals surface area contributed by atoms with Crippen LogP contribution in [-0.4, -0.2) is 96.7 Å². The van der Waals surface area contributed by atoms with Gasteiger partial charge in [0.1, 0.15) is 19.3 Å². The van der Waals surface area contributed by atoms with Crippen molar-refractivity contribution in [3.05, 3.63) is 0 Å². The number of esters is 4. The van der Waals surface area contributed by atoms with Gasteiger partial charge in [-0.25, -0.2) is 9.13 Å². The summed E-state index contributed by atoms with van der Waals surface area (Å²) in [6.45, 7) is 14.1. The second-order valence-corrected chi connectivity index (χ2v) is 31.0. The Hall–Kier alpha value is -1.94. The van der Waals surface area contributed by atoms with E-state index in [1.54, 1.807) is 0 Å². The molecule has 3 N–H and O–H groups in total. The van der Waals surface area contributed by atoms with Crippen LogP contribution in [0.15, 0.2) is 0 Å². The fourth-order valence-electron chi connectivity index (χ4n) is 11.1. The Morgan fingerprint density at radius 3 is 0.763 bits per heavy atom. The smallest absolute Gasteiger partial charge is 0.462 e. The zero-order chi connectivity index (χ0) is 68.9. The molecule has 0 aliphatic rings. The lowest BCUT2D eigenvalue weighted by atomic mass is 9.99. The maximum absolute atomic E-state index is 13.0. The number of rotatable bonds is 71. The molecule has 0 aliphatic carbocycles. The van der Waals surface area contributed by atoms with Crippen LogP contribution in [0.5, 0.6) is 0 Å². The van der Waals surface area contributed by atoms with Gasteiger partial charge in [-0.1, -0.05) is 319 Å². The van der Waals surface area contributed by atoms with Crippen LogP contribution in [0.2, 0.25) is 0 Å². The Kier molecular flexibility index (Phi) is 62.2. The maximum atomic E-state index is 13.0. The van der Waals surface area contributed by atoms with Crippen molar-refractivity contribution in [2.45, 2.75) is 388 Å². The van der Waals surface area contributed by atoms with Crippen molar-refractivity contribution in [1.82, 2.24) is 0 Å². The standard InChI is InChI=1S/C74H144O17P2/c1-9-66(7)52-44-36-28-21-19-17-15-13-11-12-14-16-18-20-22-30-40-48-56-73(78)90-70(61-85-72(77)55-47-39-33-32-37-45-53-67(8)10-2)63-89-93(82,83)87-59-68(75)58-86-92(80,81)88-62-69(91-74(79)57-49-41-31-25-27-35-43-51-65(5)6)60-84-71(76)54-46-38-29-24-23-26-34-42-50-64(3)4/h64-70,75H,9-63H2,1-8H3,(H,80,81)(H,82,83)/t66?,67?,68?,69-,70-/m1/s1. The van der Waals surface area contributed by atoms with E-state index in [0.29, 0.717) is 31.6 Å². The van der Waals surface area contributed by atoms with Gasteiger partial charge in [0.05, 0.1) is 26.4 Å². The lowest BCUT2D eigenvalue weighted by Crippen LogP contribution is -2.30. The van der Waals surface area contributed by atoms with Gasteiger partial charge < -0.3 is 33.8 Å². The molecule has 7 atom stereocenters. The zero-order valence-corrected chi connectivity index (χ0v) is 62.7. The summed E-state index contributed by atoms with van der Waals surface area (Å²) in [6, 6.07) is 0. The molecule has 0 radical (unpaired) electrons. The summed E-state index contributed by atoms with van der Waals surface area (Å²) in [5.74, 6) is 0.895. The van der Waals surface area contributed by atoms with Gasteiger partial charge in [-0.2, -0.15) is 0 Å². The Bertz CT molecular complexity index is 1840. The van der Waals surface area contributed by atoms with Crippen molar-refractivity contribution in [3.8, 4) is 0 Å². The first-order chi connectivity index (χ1) is 44.7. The van der Waals surface area contributed by atoms with E-state index in [2.05, 4.69) is 55.4 Å². The first-order valence-electron chi connectivity index (χ1n) is 38.3. The van der Waals surface area contributed by atoms with E-state index in [4.69, 9.17) is 37.0 Å². The number of carbonyl (C=O) groups excluding carboxylic acids is 4. The highest BCUT2D eigenvalue weighted by Crippen LogP contribution is 2.45. The van der Waals surface area contributed by atoms with Gasteiger partial charge in [-0.15, -0.1) is 0 Å². The molecule has 5 unspecified atom stereocenters. The molecule has 0 saturated heterocycles. The predicted molar refractivity (Wildman–Crippen MR) is 377 cm³/mol. The third-order valence-electron chi connectivity index (χ3n) is 17.8. The minimum absolute atomic E-state index is 0.102. The van der Waals surface area contributed by atoms with Crippen molar-refractivity contribution in [2.24, 2.45) is 23.7 Å². The van der Waals surface area contributed by atoms with Gasteiger partial charge in [0.15, 0.2) is 12.2 Å². The minimum Gasteiger partial charge on any atom is -0.462 e. The first-order valence-corrected chi connectivity index (χ1v) is 41.3. The Morgan fingerprint density at radius 1 is 0.301 bits per heavy atom. The molecule has 0 aliphatic heterocycles. The summed E-state index contributed by atoms with van der Waals surface area (Å²) >= 11 is 0. The van der Waals surface area contributed by atoms with Crippen molar-refractivity contribution in [1.29, 1.82) is 0 Å². The maximum Gasteiger partial charge on any atom is 0.472 e. The van der Waals surface area contributed by atoms with Crippen LogP contribution < -0.4 is 0 Å². The fourth-order valence-corrected chi connectivity index (χ4v) is 12.7. The average molecular weight is 1370 g/mol. The molecule has 0 aromatic rings. The number of phosphoric acid groups is 2. The quantitative estimate of drug-likeness (QED) is 0.0222. The lowest BCUT2D eigenvalue weighted by Gasteiger charge is -2.21. The van der Waals surface area contributed by atoms with Gasteiger partial charge in [0.25, 0.3) is 0 Å². The summed E-state index contributed by atoms with van der Waals surface area (Å²) in [4.78, 5) is 72.6. The normalized spacial score (nSPS) is 14.8. The molecule has 0 spiro atoms. The SMILES string of the molecule is CCC(C)CCCCCCCCCCCCCCCCCCCCC(=O)O[C@H](COC(=O)CCCCCCCCC(C)CC)COP(=O)(O)OCC(O)COP(=O)(O)OC[C@@H](COC(=O)CCCCCCCCCCC(C)C)OC(=O)CCCCCCCCCC(C)C.